The van der Waals surface area contributed by atoms with Crippen LogP contribution in [-0.4, -0.2) is 39.7 Å². The van der Waals surface area contributed by atoms with Crippen molar-refractivity contribution in [3.63, 3.8) is 0 Å². The summed E-state index contributed by atoms with van der Waals surface area (Å²) < 4.78 is 11.9. The molecule has 0 spiro atoms. The molecule has 0 radical (unpaired) electrons. The number of hydrogen-bond donors (Lipinski definition) is 2. The van der Waals surface area contributed by atoms with Gasteiger partial charge in [0.05, 0.1) is 19.0 Å². The summed E-state index contributed by atoms with van der Waals surface area (Å²) in [6, 6.07) is 14.6. The molecule has 1 atom stereocenters. The van der Waals surface area contributed by atoms with Crippen molar-refractivity contribution in [1.29, 1.82) is 0 Å². The molecule has 0 bridgehead atoms. The monoisotopic (exact) mass is 413 g/mol. The standard InChI is InChI=1S/C20H23N5O3S/c1-4-28-17-11-7-15(8-12-17)22-19(26)13(2)29-20-24-23-18(25(20)21)14-5-9-16(27-3)10-6-14/h5-13H,4,21H2,1-3H3,(H,22,26)/t13-/m1/s1. The van der Waals surface area contributed by atoms with Crippen LogP contribution in [0.4, 0.5) is 5.69 Å². The zero-order valence-corrected chi connectivity index (χ0v) is 17.3. The molecule has 1 heterocycles. The molecular weight excluding hydrogens is 390 g/mol. The number of hydrogen-bond acceptors (Lipinski definition) is 7. The minimum atomic E-state index is -0.420. The Morgan fingerprint density at radius 2 is 1.79 bits per heavy atom. The number of nitrogens with two attached hydrogens (primary N) is 1. The van der Waals surface area contributed by atoms with Gasteiger partial charge in [-0.05, 0) is 62.4 Å². The summed E-state index contributed by atoms with van der Waals surface area (Å²) in [5.74, 6) is 8.00. The zero-order chi connectivity index (χ0) is 20.8. The van der Waals surface area contributed by atoms with Crippen LogP contribution in [0.5, 0.6) is 11.5 Å². The van der Waals surface area contributed by atoms with Crippen molar-refractivity contribution in [2.24, 2.45) is 0 Å². The molecule has 3 rings (SSSR count). The Bertz CT molecular complexity index is 957. The number of benzene rings is 2. The Morgan fingerprint density at radius 3 is 2.41 bits per heavy atom. The fourth-order valence-electron chi connectivity index (χ4n) is 2.55. The average Bonchev–Trinajstić information content (AvgIpc) is 3.10. The summed E-state index contributed by atoms with van der Waals surface area (Å²) in [5.41, 5.74) is 1.50. The van der Waals surface area contributed by atoms with Gasteiger partial charge in [0.1, 0.15) is 11.5 Å². The number of nitrogens with zero attached hydrogens (tertiary/aromatic N) is 3. The van der Waals surface area contributed by atoms with Gasteiger partial charge in [0.15, 0.2) is 5.82 Å². The van der Waals surface area contributed by atoms with Crippen LogP contribution < -0.4 is 20.6 Å². The number of aromatic nitrogens is 3. The summed E-state index contributed by atoms with van der Waals surface area (Å²) in [6.07, 6.45) is 0. The van der Waals surface area contributed by atoms with Gasteiger partial charge in [0, 0.05) is 11.3 Å². The third kappa shape index (κ3) is 5.00. The van der Waals surface area contributed by atoms with Crippen LogP contribution >= 0.6 is 11.8 Å². The number of nitrogens with one attached hydrogen (secondary N) is 1. The van der Waals surface area contributed by atoms with Gasteiger partial charge >= 0.3 is 0 Å². The van der Waals surface area contributed by atoms with Crippen LogP contribution in [0.1, 0.15) is 13.8 Å². The first-order chi connectivity index (χ1) is 14.0. The van der Waals surface area contributed by atoms with E-state index in [1.54, 1.807) is 26.2 Å². The number of amides is 1. The van der Waals surface area contributed by atoms with Crippen molar-refractivity contribution < 1.29 is 14.3 Å². The molecule has 9 heteroatoms. The normalized spacial score (nSPS) is 11.7. The largest absolute Gasteiger partial charge is 0.497 e. The van der Waals surface area contributed by atoms with Gasteiger partial charge in [-0.1, -0.05) is 11.8 Å². The average molecular weight is 414 g/mol. The topological polar surface area (TPSA) is 104 Å². The summed E-state index contributed by atoms with van der Waals surface area (Å²) in [5, 5.41) is 11.2. The molecule has 3 aromatic rings. The van der Waals surface area contributed by atoms with E-state index in [1.165, 1.54) is 16.4 Å². The van der Waals surface area contributed by atoms with Crippen LogP contribution in [0, 0.1) is 0 Å². The van der Waals surface area contributed by atoms with E-state index in [1.807, 2.05) is 43.3 Å². The molecule has 8 nitrogen and oxygen atoms in total. The number of anilines is 1. The highest BCUT2D eigenvalue weighted by Crippen LogP contribution is 2.26. The highest BCUT2D eigenvalue weighted by atomic mass is 32.2. The first kappa shape index (κ1) is 20.5. The maximum atomic E-state index is 12.5. The maximum Gasteiger partial charge on any atom is 0.237 e. The van der Waals surface area contributed by atoms with Gasteiger partial charge in [-0.2, -0.15) is 0 Å². The predicted molar refractivity (Wildman–Crippen MR) is 114 cm³/mol. The fourth-order valence-corrected chi connectivity index (χ4v) is 3.32. The lowest BCUT2D eigenvalue weighted by Gasteiger charge is -2.12. The second kappa shape index (κ2) is 9.33. The van der Waals surface area contributed by atoms with E-state index in [4.69, 9.17) is 15.3 Å². The number of ether oxygens (including phenoxy) is 2. The SMILES string of the molecule is CCOc1ccc(NC(=O)[C@@H](C)Sc2nnc(-c3ccc(OC)cc3)n2N)cc1. The first-order valence-corrected chi connectivity index (χ1v) is 9.95. The first-order valence-electron chi connectivity index (χ1n) is 9.07. The van der Waals surface area contributed by atoms with Crippen molar-refractivity contribution in [2.45, 2.75) is 24.3 Å². The van der Waals surface area contributed by atoms with Crippen molar-refractivity contribution in [1.82, 2.24) is 14.9 Å². The Morgan fingerprint density at radius 1 is 1.14 bits per heavy atom. The van der Waals surface area contributed by atoms with Gasteiger partial charge in [-0.15, -0.1) is 10.2 Å². The van der Waals surface area contributed by atoms with E-state index in [9.17, 15) is 4.79 Å². The molecule has 3 N–H and O–H groups in total. The number of carbonyl (C=O) groups is 1. The molecule has 0 aliphatic heterocycles. The van der Waals surface area contributed by atoms with Gasteiger partial charge in [-0.25, -0.2) is 4.68 Å². The fraction of sp³-hybridized carbons (Fsp3) is 0.250. The van der Waals surface area contributed by atoms with E-state index >= 15 is 0 Å². The molecule has 0 unspecified atom stereocenters. The number of rotatable bonds is 8. The van der Waals surface area contributed by atoms with Crippen LogP contribution in [0.15, 0.2) is 53.7 Å². The Labute approximate surface area is 173 Å². The molecule has 29 heavy (non-hydrogen) atoms. The molecule has 0 saturated heterocycles. The van der Waals surface area contributed by atoms with Crippen molar-refractivity contribution in [3.05, 3.63) is 48.5 Å². The van der Waals surface area contributed by atoms with Gasteiger partial charge in [0.2, 0.25) is 11.1 Å². The van der Waals surface area contributed by atoms with E-state index in [0.29, 0.717) is 23.3 Å². The number of methoxy groups -OCH3 is 1. The molecule has 1 amide bonds. The molecule has 1 aromatic heterocycles. The number of thioether (sulfide) groups is 1. The molecule has 0 aliphatic carbocycles. The van der Waals surface area contributed by atoms with Gasteiger partial charge in [-0.3, -0.25) is 4.79 Å². The summed E-state index contributed by atoms with van der Waals surface area (Å²) in [4.78, 5) is 12.5. The van der Waals surface area contributed by atoms with Crippen LogP contribution in [0.2, 0.25) is 0 Å². The Balaban J connectivity index is 1.64. The third-order valence-electron chi connectivity index (χ3n) is 4.10. The lowest BCUT2D eigenvalue weighted by atomic mass is 10.2. The Hall–Kier alpha value is -3.20. The Kier molecular flexibility index (Phi) is 6.61. The van der Waals surface area contributed by atoms with Crippen molar-refractivity contribution in [3.8, 4) is 22.9 Å². The van der Waals surface area contributed by atoms with Crippen LogP contribution in [0.25, 0.3) is 11.4 Å². The summed E-state index contributed by atoms with van der Waals surface area (Å²) in [6.45, 7) is 4.30. The lowest BCUT2D eigenvalue weighted by Crippen LogP contribution is -2.23. The summed E-state index contributed by atoms with van der Waals surface area (Å²) >= 11 is 1.23. The van der Waals surface area contributed by atoms with Crippen LogP contribution in [-0.2, 0) is 4.79 Å². The van der Waals surface area contributed by atoms with Gasteiger partial charge in [0.25, 0.3) is 0 Å². The molecular formula is C20H23N5O3S. The highest BCUT2D eigenvalue weighted by molar-refractivity contribution is 8.00. The van der Waals surface area contributed by atoms with Gasteiger partial charge < -0.3 is 20.6 Å². The van der Waals surface area contributed by atoms with E-state index in [0.717, 1.165) is 17.1 Å². The van der Waals surface area contributed by atoms with E-state index in [2.05, 4.69) is 15.5 Å². The van der Waals surface area contributed by atoms with Crippen molar-refractivity contribution >= 4 is 23.4 Å². The van der Waals surface area contributed by atoms with Crippen LogP contribution in [0.3, 0.4) is 0 Å². The molecule has 0 fully saturated rings. The predicted octanol–water partition coefficient (Wildman–Crippen LogP) is 3.19. The molecule has 152 valence electrons. The molecule has 0 saturated carbocycles. The van der Waals surface area contributed by atoms with E-state index in [-0.39, 0.29) is 5.91 Å². The minimum Gasteiger partial charge on any atom is -0.497 e. The molecule has 2 aromatic carbocycles. The van der Waals surface area contributed by atoms with Crippen molar-refractivity contribution in [2.75, 3.05) is 24.9 Å². The number of carbonyl (C=O) groups excluding carboxylic acids is 1. The highest BCUT2D eigenvalue weighted by Gasteiger charge is 2.20. The third-order valence-corrected chi connectivity index (χ3v) is 5.15. The summed E-state index contributed by atoms with van der Waals surface area (Å²) in [7, 11) is 1.61. The lowest BCUT2D eigenvalue weighted by molar-refractivity contribution is -0.115. The van der Waals surface area contributed by atoms with E-state index < -0.39 is 5.25 Å². The second-order valence-corrected chi connectivity index (χ2v) is 7.42. The quantitative estimate of drug-likeness (QED) is 0.432. The smallest absolute Gasteiger partial charge is 0.237 e. The minimum absolute atomic E-state index is 0.159. The number of nitrogen functional groups attached to an aromatic ring is 1. The zero-order valence-electron chi connectivity index (χ0n) is 16.5. The molecule has 0 aliphatic rings. The second-order valence-electron chi connectivity index (χ2n) is 6.11. The maximum absolute atomic E-state index is 12.5.